The molecule has 78 valence electrons. The van der Waals surface area contributed by atoms with Crippen LogP contribution >= 0.6 is 0 Å². The van der Waals surface area contributed by atoms with Crippen molar-refractivity contribution in [3.63, 3.8) is 0 Å². The van der Waals surface area contributed by atoms with Gasteiger partial charge in [0.1, 0.15) is 0 Å². The summed E-state index contributed by atoms with van der Waals surface area (Å²) in [6.07, 6.45) is 9.63. The van der Waals surface area contributed by atoms with Gasteiger partial charge >= 0.3 is 0 Å². The van der Waals surface area contributed by atoms with E-state index in [-0.39, 0.29) is 0 Å². The van der Waals surface area contributed by atoms with Gasteiger partial charge in [-0.1, -0.05) is 52.4 Å². The van der Waals surface area contributed by atoms with Crippen LogP contribution in [0.3, 0.4) is 0 Å². The molecule has 2 radical (unpaired) electrons. The van der Waals surface area contributed by atoms with E-state index in [1.54, 1.807) is 0 Å². The van der Waals surface area contributed by atoms with Crippen molar-refractivity contribution in [1.82, 2.24) is 0 Å². The van der Waals surface area contributed by atoms with E-state index in [2.05, 4.69) is 13.8 Å². The Morgan fingerprint density at radius 3 is 2.08 bits per heavy atom. The topological polar surface area (TPSA) is 9.23 Å². The molecule has 0 saturated carbocycles. The fraction of sp³-hybridized carbons (Fsp3) is 1.00. The summed E-state index contributed by atoms with van der Waals surface area (Å²) in [5.74, 6) is 0. The molecule has 0 aliphatic carbocycles. The average Bonchev–Trinajstić information content (AvgIpc) is 2.16. The van der Waals surface area contributed by atoms with Gasteiger partial charge in [-0.15, -0.1) is 0 Å². The lowest BCUT2D eigenvalue weighted by molar-refractivity contribution is 0.320. The van der Waals surface area contributed by atoms with E-state index in [4.69, 9.17) is 4.43 Å². The zero-order chi connectivity index (χ0) is 9.78. The summed E-state index contributed by atoms with van der Waals surface area (Å²) in [5.41, 5.74) is 0. The molecule has 0 saturated heterocycles. The van der Waals surface area contributed by atoms with Crippen LogP contribution in [0.1, 0.15) is 58.8 Å². The maximum absolute atomic E-state index is 5.44. The molecule has 0 bridgehead atoms. The molecular formula is C11H24OSi. The van der Waals surface area contributed by atoms with Crippen LogP contribution in [0.25, 0.3) is 0 Å². The quantitative estimate of drug-likeness (QED) is 0.385. The van der Waals surface area contributed by atoms with Crippen molar-refractivity contribution >= 4 is 9.76 Å². The number of hydrogen-bond donors (Lipinski definition) is 0. The van der Waals surface area contributed by atoms with Crippen molar-refractivity contribution < 1.29 is 4.43 Å². The largest absolute Gasteiger partial charge is 0.417 e. The maximum atomic E-state index is 5.44. The lowest BCUT2D eigenvalue weighted by Gasteiger charge is -2.01. The van der Waals surface area contributed by atoms with Crippen LogP contribution in [0.2, 0.25) is 6.04 Å². The van der Waals surface area contributed by atoms with E-state index < -0.39 is 0 Å². The molecule has 0 spiro atoms. The van der Waals surface area contributed by atoms with Crippen LogP contribution in [0.15, 0.2) is 0 Å². The first-order valence-corrected chi connectivity index (χ1v) is 6.88. The van der Waals surface area contributed by atoms with Crippen LogP contribution in [0, 0.1) is 0 Å². The first-order valence-electron chi connectivity index (χ1n) is 5.76. The summed E-state index contributed by atoms with van der Waals surface area (Å²) in [4.78, 5) is 0. The molecule has 0 aromatic carbocycles. The number of rotatable bonds is 10. The van der Waals surface area contributed by atoms with Crippen molar-refractivity contribution in [3.8, 4) is 0 Å². The summed E-state index contributed by atoms with van der Waals surface area (Å²) in [6, 6.07) is 1.18. The standard InChI is InChI=1S/C11H24OSi/c1-3-5-6-7-8-9-10-11-12-13-4-2/h3-11H2,1-2H3. The van der Waals surface area contributed by atoms with Gasteiger partial charge in [-0.25, -0.2) is 0 Å². The molecule has 0 atom stereocenters. The van der Waals surface area contributed by atoms with Crippen LogP contribution in [0.4, 0.5) is 0 Å². The lowest BCUT2D eigenvalue weighted by Crippen LogP contribution is -1.98. The predicted molar refractivity (Wildman–Crippen MR) is 60.2 cm³/mol. The Balaban J connectivity index is 2.76. The molecular weight excluding hydrogens is 176 g/mol. The van der Waals surface area contributed by atoms with E-state index in [1.165, 1.54) is 51.0 Å². The summed E-state index contributed by atoms with van der Waals surface area (Å²) in [7, 11) is 0.727. The number of hydrogen-bond acceptors (Lipinski definition) is 1. The van der Waals surface area contributed by atoms with E-state index in [0.29, 0.717) is 0 Å². The van der Waals surface area contributed by atoms with Crippen molar-refractivity contribution in [2.24, 2.45) is 0 Å². The highest BCUT2D eigenvalue weighted by Gasteiger charge is 1.91. The Kier molecular flexibility index (Phi) is 12.3. The molecule has 0 aliphatic heterocycles. The minimum atomic E-state index is 0.727. The zero-order valence-corrected chi connectivity index (χ0v) is 10.3. The van der Waals surface area contributed by atoms with E-state index in [9.17, 15) is 0 Å². The van der Waals surface area contributed by atoms with Gasteiger partial charge < -0.3 is 4.43 Å². The van der Waals surface area contributed by atoms with Crippen molar-refractivity contribution in [2.45, 2.75) is 64.8 Å². The second-order valence-electron chi connectivity index (χ2n) is 3.47. The van der Waals surface area contributed by atoms with Crippen LogP contribution in [-0.2, 0) is 4.43 Å². The fourth-order valence-corrected chi connectivity index (χ4v) is 1.80. The highest BCUT2D eigenvalue weighted by Crippen LogP contribution is 2.06. The molecule has 0 unspecified atom stereocenters. The maximum Gasteiger partial charge on any atom is 0.229 e. The normalized spacial score (nSPS) is 10.6. The summed E-state index contributed by atoms with van der Waals surface area (Å²) < 4.78 is 5.44. The zero-order valence-electron chi connectivity index (χ0n) is 9.27. The van der Waals surface area contributed by atoms with Gasteiger partial charge in [-0.05, 0) is 12.5 Å². The summed E-state index contributed by atoms with van der Waals surface area (Å²) in [6.45, 7) is 5.42. The lowest BCUT2D eigenvalue weighted by atomic mass is 10.1. The Labute approximate surface area is 86.2 Å². The smallest absolute Gasteiger partial charge is 0.229 e. The van der Waals surface area contributed by atoms with Gasteiger partial charge in [0, 0.05) is 6.61 Å². The van der Waals surface area contributed by atoms with Crippen LogP contribution < -0.4 is 0 Å². The van der Waals surface area contributed by atoms with Gasteiger partial charge in [-0.2, -0.15) is 0 Å². The Bertz CT molecular complexity index is 76.2. The third kappa shape index (κ3) is 12.2. The van der Waals surface area contributed by atoms with Gasteiger partial charge in [-0.3, -0.25) is 0 Å². The first-order chi connectivity index (χ1) is 6.41. The van der Waals surface area contributed by atoms with Crippen LogP contribution in [0.5, 0.6) is 0 Å². The third-order valence-electron chi connectivity index (χ3n) is 2.10. The minimum Gasteiger partial charge on any atom is -0.417 e. The fourth-order valence-electron chi connectivity index (χ4n) is 1.31. The molecule has 0 aliphatic rings. The average molecular weight is 200 g/mol. The third-order valence-corrected chi connectivity index (χ3v) is 2.79. The van der Waals surface area contributed by atoms with Crippen molar-refractivity contribution in [1.29, 1.82) is 0 Å². The molecule has 0 rings (SSSR count). The highest BCUT2D eigenvalue weighted by molar-refractivity contribution is 6.26. The molecule has 1 nitrogen and oxygen atoms in total. The molecule has 0 aromatic rings. The number of unbranched alkanes of at least 4 members (excludes halogenated alkanes) is 6. The monoisotopic (exact) mass is 200 g/mol. The second-order valence-corrected chi connectivity index (χ2v) is 4.75. The highest BCUT2D eigenvalue weighted by atomic mass is 28.2. The van der Waals surface area contributed by atoms with Crippen LogP contribution in [-0.4, -0.2) is 16.4 Å². The van der Waals surface area contributed by atoms with Crippen molar-refractivity contribution in [2.75, 3.05) is 6.61 Å². The van der Waals surface area contributed by atoms with Gasteiger partial charge in [0.25, 0.3) is 0 Å². The van der Waals surface area contributed by atoms with E-state index in [1.807, 2.05) is 0 Å². The molecule has 0 amide bonds. The van der Waals surface area contributed by atoms with Crippen molar-refractivity contribution in [3.05, 3.63) is 0 Å². The van der Waals surface area contributed by atoms with Gasteiger partial charge in [0.2, 0.25) is 9.76 Å². The van der Waals surface area contributed by atoms with E-state index in [0.717, 1.165) is 16.4 Å². The molecule has 0 aromatic heterocycles. The Hall–Kier alpha value is 0.177. The molecule has 0 fully saturated rings. The molecule has 13 heavy (non-hydrogen) atoms. The Morgan fingerprint density at radius 1 is 0.846 bits per heavy atom. The van der Waals surface area contributed by atoms with E-state index >= 15 is 0 Å². The van der Waals surface area contributed by atoms with Gasteiger partial charge in [0.05, 0.1) is 0 Å². The summed E-state index contributed by atoms with van der Waals surface area (Å²) in [5, 5.41) is 0. The minimum absolute atomic E-state index is 0.727. The first kappa shape index (κ1) is 13.2. The van der Waals surface area contributed by atoms with Gasteiger partial charge in [0.15, 0.2) is 0 Å². The molecule has 2 heteroatoms. The molecule has 0 N–H and O–H groups in total. The Morgan fingerprint density at radius 2 is 1.46 bits per heavy atom. The predicted octanol–water partition coefficient (Wildman–Crippen LogP) is 3.81. The molecule has 0 heterocycles. The summed E-state index contributed by atoms with van der Waals surface area (Å²) >= 11 is 0. The second kappa shape index (κ2) is 12.2. The SMILES string of the molecule is CCCCCCCCCO[Si]CC.